The summed E-state index contributed by atoms with van der Waals surface area (Å²) in [5.74, 6) is 0.247. The third kappa shape index (κ3) is 3.61. The lowest BCUT2D eigenvalue weighted by Crippen LogP contribution is -2.32. The summed E-state index contributed by atoms with van der Waals surface area (Å²) in [4.78, 5) is 18.9. The maximum absolute atomic E-state index is 12.8. The molecule has 2 N–H and O–H groups in total. The minimum absolute atomic E-state index is 0.125. The van der Waals surface area contributed by atoms with Gasteiger partial charge in [0.1, 0.15) is 0 Å². The molecule has 9 nitrogen and oxygen atoms in total. The molecule has 5 rings (SSSR count). The number of aromatic nitrogens is 6. The number of nitrogens with zero attached hydrogens (tertiary/aromatic N) is 6. The molecule has 0 aliphatic heterocycles. The number of amides is 1. The fourth-order valence-electron chi connectivity index (χ4n) is 4.15. The van der Waals surface area contributed by atoms with Crippen LogP contribution in [0.5, 0.6) is 0 Å². The monoisotopic (exact) mass is 453 g/mol. The Morgan fingerprint density at radius 1 is 1.00 bits per heavy atom. The highest BCUT2D eigenvalue weighted by molar-refractivity contribution is 6.05. The number of fused-ring (bicyclic) bond motifs is 1. The molecule has 5 aromatic rings. The van der Waals surface area contributed by atoms with E-state index in [-0.39, 0.29) is 11.9 Å². The normalized spacial score (nSPS) is 11.6. The Kier molecular flexibility index (Phi) is 5.39. The van der Waals surface area contributed by atoms with Crippen molar-refractivity contribution in [3.05, 3.63) is 101 Å². The summed E-state index contributed by atoms with van der Waals surface area (Å²) in [6.07, 6.45) is 0. The minimum atomic E-state index is -1.48. The number of aryl methyl sites for hydroxylation is 2. The molecule has 0 radical (unpaired) electrons. The molecule has 0 unspecified atom stereocenters. The molecule has 0 aliphatic rings. The van der Waals surface area contributed by atoms with Crippen molar-refractivity contribution in [1.29, 1.82) is 0 Å². The molecule has 0 saturated carbocycles. The van der Waals surface area contributed by atoms with E-state index < -0.39 is 5.60 Å². The van der Waals surface area contributed by atoms with Crippen LogP contribution in [0, 0.1) is 0 Å². The smallest absolute Gasteiger partial charge is 0.270 e. The number of tetrazole rings is 1. The molecule has 0 saturated heterocycles. The second-order valence-electron chi connectivity index (χ2n) is 7.88. The Morgan fingerprint density at radius 3 is 2.21 bits per heavy atom. The fourth-order valence-corrected chi connectivity index (χ4v) is 4.15. The van der Waals surface area contributed by atoms with Gasteiger partial charge < -0.3 is 9.67 Å². The average molecular weight is 454 g/mol. The lowest BCUT2D eigenvalue weighted by atomic mass is 9.85. The largest absolute Gasteiger partial charge is 0.373 e. The molecule has 170 valence electrons. The van der Waals surface area contributed by atoms with Gasteiger partial charge >= 0.3 is 0 Å². The van der Waals surface area contributed by atoms with Crippen molar-refractivity contribution in [3.8, 4) is 0 Å². The Balaban J connectivity index is 1.65. The minimum Gasteiger partial charge on any atom is -0.373 e. The number of aliphatic hydroxyl groups is 1. The molecule has 0 atom stereocenters. The number of carbonyl (C=O) groups is 1. The van der Waals surface area contributed by atoms with Gasteiger partial charge in [-0.2, -0.15) is 4.80 Å². The molecule has 1 amide bonds. The van der Waals surface area contributed by atoms with Gasteiger partial charge in [0, 0.05) is 12.1 Å². The first-order valence-corrected chi connectivity index (χ1v) is 10.9. The SMILES string of the molecule is CCn1c(C(O)(c2ccccc2)c2ccccc2)nc2ccc(C(=O)Nc3nnn(C)n3)cc21. The Hall–Kier alpha value is -4.37. The van der Waals surface area contributed by atoms with Crippen LogP contribution in [0.1, 0.15) is 34.2 Å². The third-order valence-corrected chi connectivity index (χ3v) is 5.77. The molecular weight excluding hydrogens is 430 g/mol. The van der Waals surface area contributed by atoms with Crippen LogP contribution < -0.4 is 5.32 Å². The zero-order chi connectivity index (χ0) is 23.7. The second-order valence-corrected chi connectivity index (χ2v) is 7.88. The summed E-state index contributed by atoms with van der Waals surface area (Å²) >= 11 is 0. The van der Waals surface area contributed by atoms with E-state index in [0.717, 1.165) is 5.52 Å². The first-order valence-electron chi connectivity index (χ1n) is 10.9. The van der Waals surface area contributed by atoms with E-state index in [1.165, 1.54) is 4.80 Å². The predicted octanol–water partition coefficient (Wildman–Crippen LogP) is 3.12. The van der Waals surface area contributed by atoms with Gasteiger partial charge in [0.05, 0.1) is 18.1 Å². The number of hydrogen-bond acceptors (Lipinski definition) is 6. The maximum atomic E-state index is 12.8. The van der Waals surface area contributed by atoms with Crippen molar-refractivity contribution in [3.63, 3.8) is 0 Å². The van der Waals surface area contributed by atoms with Crippen molar-refractivity contribution in [2.24, 2.45) is 7.05 Å². The number of anilines is 1. The van der Waals surface area contributed by atoms with Crippen molar-refractivity contribution in [2.75, 3.05) is 5.32 Å². The molecule has 0 fully saturated rings. The quantitative estimate of drug-likeness (QED) is 0.409. The highest BCUT2D eigenvalue weighted by atomic mass is 16.3. The molecule has 9 heteroatoms. The average Bonchev–Trinajstić information content (AvgIpc) is 3.46. The third-order valence-electron chi connectivity index (χ3n) is 5.77. The van der Waals surface area contributed by atoms with E-state index in [4.69, 9.17) is 4.98 Å². The molecule has 34 heavy (non-hydrogen) atoms. The van der Waals surface area contributed by atoms with E-state index in [9.17, 15) is 9.90 Å². The van der Waals surface area contributed by atoms with Gasteiger partial charge in [-0.05, 0) is 41.5 Å². The maximum Gasteiger partial charge on any atom is 0.270 e. The Labute approximate surface area is 195 Å². The van der Waals surface area contributed by atoms with E-state index in [1.54, 1.807) is 25.2 Å². The summed E-state index contributed by atoms with van der Waals surface area (Å²) < 4.78 is 1.94. The van der Waals surface area contributed by atoms with Crippen LogP contribution in [-0.2, 0) is 19.2 Å². The van der Waals surface area contributed by atoms with Gasteiger partial charge in [-0.3, -0.25) is 10.1 Å². The zero-order valence-electron chi connectivity index (χ0n) is 18.8. The molecule has 0 bridgehead atoms. The fraction of sp³-hybridized carbons (Fsp3) is 0.160. The lowest BCUT2D eigenvalue weighted by Gasteiger charge is -2.29. The van der Waals surface area contributed by atoms with Crippen LogP contribution in [0.25, 0.3) is 11.0 Å². The van der Waals surface area contributed by atoms with Gasteiger partial charge in [-0.25, -0.2) is 4.98 Å². The van der Waals surface area contributed by atoms with E-state index in [1.807, 2.05) is 72.2 Å². The number of benzene rings is 3. The van der Waals surface area contributed by atoms with Gasteiger partial charge in [-0.1, -0.05) is 65.8 Å². The number of carbonyl (C=O) groups excluding carboxylic acids is 1. The topological polar surface area (TPSA) is 111 Å². The van der Waals surface area contributed by atoms with E-state index >= 15 is 0 Å². The summed E-state index contributed by atoms with van der Waals surface area (Å²) in [6, 6.07) is 24.2. The van der Waals surface area contributed by atoms with Crippen molar-refractivity contribution in [2.45, 2.75) is 19.1 Å². The van der Waals surface area contributed by atoms with Crippen LogP contribution in [0.15, 0.2) is 78.9 Å². The number of nitrogens with one attached hydrogen (secondary N) is 1. The van der Waals surface area contributed by atoms with Crippen LogP contribution in [-0.4, -0.2) is 40.8 Å². The Morgan fingerprint density at radius 2 is 1.65 bits per heavy atom. The van der Waals surface area contributed by atoms with Gasteiger partial charge in [0.15, 0.2) is 11.4 Å². The summed E-state index contributed by atoms with van der Waals surface area (Å²) in [6.45, 7) is 2.53. The van der Waals surface area contributed by atoms with Crippen molar-refractivity contribution < 1.29 is 9.90 Å². The zero-order valence-corrected chi connectivity index (χ0v) is 18.8. The van der Waals surface area contributed by atoms with Gasteiger partial charge in [0.25, 0.3) is 11.9 Å². The summed E-state index contributed by atoms with van der Waals surface area (Å²) in [5, 5.41) is 26.4. The molecule has 0 spiro atoms. The van der Waals surface area contributed by atoms with Crippen LogP contribution in [0.4, 0.5) is 5.95 Å². The highest BCUT2D eigenvalue weighted by Crippen LogP contribution is 2.37. The predicted molar refractivity (Wildman–Crippen MR) is 127 cm³/mol. The summed E-state index contributed by atoms with van der Waals surface area (Å²) in [5.41, 5.74) is 1.77. The van der Waals surface area contributed by atoms with Crippen molar-refractivity contribution >= 4 is 22.9 Å². The molecule has 0 aliphatic carbocycles. The van der Waals surface area contributed by atoms with Crippen LogP contribution in [0.2, 0.25) is 0 Å². The van der Waals surface area contributed by atoms with Crippen LogP contribution in [0.3, 0.4) is 0 Å². The Bertz CT molecular complexity index is 1420. The molecule has 2 aromatic heterocycles. The molecule has 3 aromatic carbocycles. The first-order chi connectivity index (χ1) is 16.5. The highest BCUT2D eigenvalue weighted by Gasteiger charge is 2.38. The number of hydrogen-bond donors (Lipinski definition) is 2. The van der Waals surface area contributed by atoms with E-state index in [0.29, 0.717) is 34.6 Å². The standard InChI is InChI=1S/C25H23N7O2/c1-3-32-21-16-17(22(33)27-24-28-30-31(2)29-24)14-15-20(21)26-23(32)25(34,18-10-6-4-7-11-18)19-12-8-5-9-13-19/h4-16,34H,3H2,1-2H3,(H,27,29,33). The van der Waals surface area contributed by atoms with Gasteiger partial charge in [-0.15, -0.1) is 5.10 Å². The first kappa shape index (κ1) is 21.5. The summed E-state index contributed by atoms with van der Waals surface area (Å²) in [7, 11) is 1.62. The molecular formula is C25H23N7O2. The van der Waals surface area contributed by atoms with Crippen molar-refractivity contribution in [1.82, 2.24) is 29.8 Å². The van der Waals surface area contributed by atoms with Crippen LogP contribution >= 0.6 is 0 Å². The van der Waals surface area contributed by atoms with E-state index in [2.05, 4.69) is 20.7 Å². The molecule has 2 heterocycles. The number of rotatable bonds is 6. The van der Waals surface area contributed by atoms with Gasteiger partial charge in [0.2, 0.25) is 0 Å². The number of imidazole rings is 1. The lowest BCUT2D eigenvalue weighted by molar-refractivity contribution is 0.102. The second kappa shape index (κ2) is 8.53.